The monoisotopic (exact) mass is 430 g/mol. The van der Waals surface area contributed by atoms with Crippen LogP contribution in [0, 0.1) is 0 Å². The number of hydrogen-bond acceptors (Lipinski definition) is 3. The first-order chi connectivity index (χ1) is 14.0. The van der Waals surface area contributed by atoms with Crippen LogP contribution >= 0.6 is 23.2 Å². The SMILES string of the molecule is Cn1nc(C2CCN(C(=O)c3ccc(Cl)cc3Cl)CC2)n(-c2ccccc2)c1=O. The summed E-state index contributed by atoms with van der Waals surface area (Å²) in [4.78, 5) is 27.3. The summed E-state index contributed by atoms with van der Waals surface area (Å²) in [5.41, 5.74) is 1.08. The minimum Gasteiger partial charge on any atom is -0.339 e. The predicted octanol–water partition coefficient (Wildman–Crippen LogP) is 3.90. The van der Waals surface area contributed by atoms with Gasteiger partial charge in [-0.15, -0.1) is 0 Å². The van der Waals surface area contributed by atoms with E-state index in [2.05, 4.69) is 5.10 Å². The van der Waals surface area contributed by atoms with Crippen LogP contribution in [0.25, 0.3) is 5.69 Å². The van der Waals surface area contributed by atoms with Gasteiger partial charge in [0.25, 0.3) is 5.91 Å². The van der Waals surface area contributed by atoms with Gasteiger partial charge in [-0.2, -0.15) is 5.10 Å². The number of nitrogens with zero attached hydrogens (tertiary/aromatic N) is 4. The van der Waals surface area contributed by atoms with E-state index in [-0.39, 0.29) is 17.5 Å². The molecule has 150 valence electrons. The second-order valence-electron chi connectivity index (χ2n) is 7.13. The summed E-state index contributed by atoms with van der Waals surface area (Å²) in [6, 6.07) is 14.4. The Hall–Kier alpha value is -2.57. The van der Waals surface area contributed by atoms with Gasteiger partial charge in [0, 0.05) is 31.1 Å². The van der Waals surface area contributed by atoms with Crippen LogP contribution in [-0.2, 0) is 7.05 Å². The van der Waals surface area contributed by atoms with Gasteiger partial charge in [-0.3, -0.25) is 4.79 Å². The van der Waals surface area contributed by atoms with Gasteiger partial charge in [0.05, 0.1) is 16.3 Å². The maximum atomic E-state index is 12.8. The fraction of sp³-hybridized carbons (Fsp3) is 0.286. The van der Waals surface area contributed by atoms with E-state index >= 15 is 0 Å². The number of likely N-dealkylation sites (tertiary alicyclic amines) is 1. The molecule has 4 rings (SSSR count). The number of halogens is 2. The fourth-order valence-corrected chi connectivity index (χ4v) is 4.23. The molecular formula is C21H20Cl2N4O2. The van der Waals surface area contributed by atoms with Crippen LogP contribution in [0.2, 0.25) is 10.0 Å². The Kier molecular flexibility index (Phi) is 5.48. The average Bonchev–Trinajstić information content (AvgIpc) is 3.03. The lowest BCUT2D eigenvalue weighted by molar-refractivity contribution is 0.0710. The van der Waals surface area contributed by atoms with E-state index < -0.39 is 0 Å². The van der Waals surface area contributed by atoms with E-state index in [0.29, 0.717) is 28.7 Å². The third-order valence-electron chi connectivity index (χ3n) is 5.27. The van der Waals surface area contributed by atoms with Crippen LogP contribution < -0.4 is 5.69 Å². The van der Waals surface area contributed by atoms with Crippen molar-refractivity contribution in [2.24, 2.45) is 7.05 Å². The van der Waals surface area contributed by atoms with E-state index in [1.54, 1.807) is 34.7 Å². The number of rotatable bonds is 3. The highest BCUT2D eigenvalue weighted by Crippen LogP contribution is 2.29. The van der Waals surface area contributed by atoms with Crippen molar-refractivity contribution in [3.63, 3.8) is 0 Å². The van der Waals surface area contributed by atoms with Crippen molar-refractivity contribution in [2.45, 2.75) is 18.8 Å². The first kappa shape index (κ1) is 19.7. The summed E-state index contributed by atoms with van der Waals surface area (Å²) < 4.78 is 3.03. The van der Waals surface area contributed by atoms with E-state index in [9.17, 15) is 9.59 Å². The Morgan fingerprint density at radius 1 is 1.07 bits per heavy atom. The van der Waals surface area contributed by atoms with Gasteiger partial charge < -0.3 is 4.90 Å². The molecule has 1 saturated heterocycles. The number of aryl methyl sites for hydroxylation is 1. The van der Waals surface area contributed by atoms with E-state index in [4.69, 9.17) is 23.2 Å². The molecule has 0 bridgehead atoms. The van der Waals surface area contributed by atoms with E-state index in [1.165, 1.54) is 4.68 Å². The zero-order chi connectivity index (χ0) is 20.5. The summed E-state index contributed by atoms with van der Waals surface area (Å²) in [7, 11) is 1.66. The number of carbonyl (C=O) groups excluding carboxylic acids is 1. The van der Waals surface area contributed by atoms with Crippen LogP contribution in [0.1, 0.15) is 34.9 Å². The van der Waals surface area contributed by atoms with Crippen molar-refractivity contribution in [2.75, 3.05) is 13.1 Å². The highest BCUT2D eigenvalue weighted by atomic mass is 35.5. The van der Waals surface area contributed by atoms with Gasteiger partial charge in [-0.05, 0) is 43.2 Å². The third-order valence-corrected chi connectivity index (χ3v) is 5.82. The lowest BCUT2D eigenvalue weighted by Gasteiger charge is -2.31. The molecular weight excluding hydrogens is 411 g/mol. The number of benzene rings is 2. The third kappa shape index (κ3) is 3.82. The maximum absolute atomic E-state index is 12.8. The number of piperidine rings is 1. The molecule has 1 aromatic heterocycles. The molecule has 2 aromatic carbocycles. The number of hydrogen-bond donors (Lipinski definition) is 0. The fourth-order valence-electron chi connectivity index (χ4n) is 3.74. The Bertz CT molecular complexity index is 1100. The van der Waals surface area contributed by atoms with Gasteiger partial charge in [0.15, 0.2) is 0 Å². The molecule has 0 radical (unpaired) electrons. The van der Waals surface area contributed by atoms with Crippen molar-refractivity contribution in [3.05, 3.63) is 80.4 Å². The lowest BCUT2D eigenvalue weighted by Crippen LogP contribution is -2.38. The van der Waals surface area contributed by atoms with Gasteiger partial charge in [0.2, 0.25) is 0 Å². The molecule has 1 aliphatic heterocycles. The van der Waals surface area contributed by atoms with Crippen molar-refractivity contribution in [1.82, 2.24) is 19.2 Å². The minimum atomic E-state index is -0.169. The number of aromatic nitrogens is 3. The Balaban J connectivity index is 1.54. The Morgan fingerprint density at radius 3 is 2.41 bits per heavy atom. The molecule has 1 fully saturated rings. The topological polar surface area (TPSA) is 60.1 Å². The van der Waals surface area contributed by atoms with E-state index in [0.717, 1.165) is 24.4 Å². The molecule has 0 atom stereocenters. The minimum absolute atomic E-state index is 0.0915. The molecule has 0 spiro atoms. The lowest BCUT2D eigenvalue weighted by atomic mass is 9.95. The summed E-state index contributed by atoms with van der Waals surface area (Å²) in [5.74, 6) is 0.723. The largest absolute Gasteiger partial charge is 0.350 e. The number of para-hydroxylation sites is 1. The Morgan fingerprint density at radius 2 is 1.76 bits per heavy atom. The van der Waals surface area contributed by atoms with Gasteiger partial charge in [-0.1, -0.05) is 41.4 Å². The standard InChI is InChI=1S/C21H20Cl2N4O2/c1-25-21(29)27(16-5-3-2-4-6-16)19(24-25)14-9-11-26(12-10-14)20(28)17-8-7-15(22)13-18(17)23/h2-8,13-14H,9-12H2,1H3. The van der Waals surface area contributed by atoms with Crippen LogP contribution in [-0.4, -0.2) is 38.2 Å². The molecule has 1 aliphatic rings. The average molecular weight is 431 g/mol. The van der Waals surface area contributed by atoms with Crippen molar-refractivity contribution in [3.8, 4) is 5.69 Å². The molecule has 0 aliphatic carbocycles. The molecule has 8 heteroatoms. The number of amides is 1. The highest BCUT2D eigenvalue weighted by molar-refractivity contribution is 6.36. The first-order valence-corrected chi connectivity index (χ1v) is 10.2. The molecule has 0 N–H and O–H groups in total. The van der Waals surface area contributed by atoms with E-state index in [1.807, 2.05) is 30.3 Å². The normalized spacial score (nSPS) is 14.9. The summed E-state index contributed by atoms with van der Waals surface area (Å²) >= 11 is 12.1. The second kappa shape index (κ2) is 8.05. The Labute approximate surface area is 178 Å². The first-order valence-electron chi connectivity index (χ1n) is 9.41. The van der Waals surface area contributed by atoms with Crippen LogP contribution in [0.15, 0.2) is 53.3 Å². The van der Waals surface area contributed by atoms with Crippen molar-refractivity contribution >= 4 is 29.1 Å². The second-order valence-corrected chi connectivity index (χ2v) is 7.97. The quantitative estimate of drug-likeness (QED) is 0.632. The number of carbonyl (C=O) groups is 1. The molecule has 29 heavy (non-hydrogen) atoms. The van der Waals surface area contributed by atoms with Gasteiger partial charge in [-0.25, -0.2) is 14.0 Å². The molecule has 0 unspecified atom stereocenters. The van der Waals surface area contributed by atoms with Crippen LogP contribution in [0.5, 0.6) is 0 Å². The van der Waals surface area contributed by atoms with Gasteiger partial charge in [0.1, 0.15) is 5.82 Å². The summed E-state index contributed by atoms with van der Waals surface area (Å²) in [6.07, 6.45) is 1.44. The van der Waals surface area contributed by atoms with Crippen molar-refractivity contribution < 1.29 is 4.79 Å². The maximum Gasteiger partial charge on any atom is 0.350 e. The summed E-state index contributed by atoms with van der Waals surface area (Å²) in [5, 5.41) is 5.34. The molecule has 1 amide bonds. The van der Waals surface area contributed by atoms with Gasteiger partial charge >= 0.3 is 5.69 Å². The molecule has 2 heterocycles. The summed E-state index contributed by atoms with van der Waals surface area (Å²) in [6.45, 7) is 1.14. The molecule has 6 nitrogen and oxygen atoms in total. The predicted molar refractivity (Wildman–Crippen MR) is 113 cm³/mol. The molecule has 3 aromatic rings. The van der Waals surface area contributed by atoms with Crippen LogP contribution in [0.3, 0.4) is 0 Å². The zero-order valence-corrected chi connectivity index (χ0v) is 17.4. The molecule has 0 saturated carbocycles. The zero-order valence-electron chi connectivity index (χ0n) is 15.9. The van der Waals surface area contributed by atoms with Crippen LogP contribution in [0.4, 0.5) is 0 Å². The smallest absolute Gasteiger partial charge is 0.339 e. The highest BCUT2D eigenvalue weighted by Gasteiger charge is 2.29. The van der Waals surface area contributed by atoms with Crippen molar-refractivity contribution in [1.29, 1.82) is 0 Å².